The van der Waals surface area contributed by atoms with Crippen molar-refractivity contribution in [3.05, 3.63) is 0 Å². The molecule has 0 rings (SSSR count). The quantitative estimate of drug-likeness (QED) is 0.496. The molecule has 0 aliphatic heterocycles. The molecule has 0 saturated heterocycles. The molecule has 0 unspecified atom stereocenters. The van der Waals surface area contributed by atoms with Crippen molar-refractivity contribution in [1.82, 2.24) is 0 Å². The smallest absolute Gasteiger partial charge is 0.202 e. The van der Waals surface area contributed by atoms with E-state index in [0.29, 0.717) is 0 Å². The summed E-state index contributed by atoms with van der Waals surface area (Å²) in [4.78, 5) is 0. The second kappa shape index (κ2) is 3.11. The molecule has 68 valence electrons. The van der Waals surface area contributed by atoms with Crippen LogP contribution in [0.25, 0.3) is 0 Å². The van der Waals surface area contributed by atoms with E-state index in [-0.39, 0.29) is 5.04 Å². The molecular formula is C7H15Br2FSi. The monoisotopic (exact) mass is 304 g/mol. The molecule has 0 N–H and O–H groups in total. The van der Waals surface area contributed by atoms with Crippen molar-refractivity contribution < 1.29 is 4.39 Å². The highest BCUT2D eigenvalue weighted by Gasteiger charge is 2.51. The summed E-state index contributed by atoms with van der Waals surface area (Å²) in [5.41, 5.74) is 0. The van der Waals surface area contributed by atoms with Gasteiger partial charge in [-0.1, -0.05) is 33.9 Å². The molecule has 0 heterocycles. The number of halogens is 3. The lowest BCUT2D eigenvalue weighted by Crippen LogP contribution is -2.49. The minimum absolute atomic E-state index is 0.0503. The van der Waals surface area contributed by atoms with Gasteiger partial charge in [-0.15, -0.1) is 0 Å². The third kappa shape index (κ3) is 2.52. The van der Waals surface area contributed by atoms with Crippen LogP contribution in [-0.4, -0.2) is 11.2 Å². The van der Waals surface area contributed by atoms with E-state index in [1.165, 1.54) is 0 Å². The summed E-state index contributed by atoms with van der Waals surface area (Å²) in [7, 11) is -1.94. The number of rotatable bonds is 1. The van der Waals surface area contributed by atoms with E-state index in [9.17, 15) is 4.39 Å². The maximum atomic E-state index is 13.6. The van der Waals surface area contributed by atoms with E-state index < -0.39 is 11.2 Å². The summed E-state index contributed by atoms with van der Waals surface area (Å²) in [5.74, 6) is 0. The zero-order valence-electron chi connectivity index (χ0n) is 7.63. The highest BCUT2D eigenvalue weighted by molar-refractivity contribution is 9.26. The number of hydrogen-bond donors (Lipinski definition) is 0. The van der Waals surface area contributed by atoms with Gasteiger partial charge >= 0.3 is 0 Å². The molecular weight excluding hydrogens is 291 g/mol. The van der Waals surface area contributed by atoms with Crippen molar-refractivity contribution in [3.8, 4) is 0 Å². The van der Waals surface area contributed by atoms with E-state index in [1.807, 2.05) is 13.1 Å². The number of alkyl halides is 3. The Kier molecular flexibility index (Phi) is 3.42. The molecule has 0 radical (unpaired) electrons. The third-order valence-corrected chi connectivity index (χ3v) is 13.7. The van der Waals surface area contributed by atoms with Crippen LogP contribution in [0.5, 0.6) is 0 Å². The van der Waals surface area contributed by atoms with Gasteiger partial charge in [0.15, 0.2) is 0 Å². The second-order valence-electron chi connectivity index (χ2n) is 4.37. The first kappa shape index (κ1) is 12.1. The van der Waals surface area contributed by atoms with Gasteiger partial charge in [0.2, 0.25) is 3.11 Å². The van der Waals surface area contributed by atoms with Crippen molar-refractivity contribution in [1.29, 1.82) is 0 Å². The second-order valence-corrected chi connectivity index (χ2v) is 14.5. The molecule has 0 aliphatic rings. The minimum Gasteiger partial charge on any atom is -0.223 e. The van der Waals surface area contributed by atoms with E-state index in [0.717, 1.165) is 0 Å². The molecule has 0 nitrogen and oxygen atoms in total. The Hall–Kier alpha value is 1.11. The summed E-state index contributed by atoms with van der Waals surface area (Å²) in [6.45, 7) is 10.3. The lowest BCUT2D eigenvalue weighted by atomic mass is 10.2. The fourth-order valence-electron chi connectivity index (χ4n) is 0.425. The fourth-order valence-corrected chi connectivity index (χ4v) is 4.84. The lowest BCUT2D eigenvalue weighted by molar-refractivity contribution is 0.502. The van der Waals surface area contributed by atoms with Crippen LogP contribution < -0.4 is 0 Å². The Morgan fingerprint density at radius 3 is 1.36 bits per heavy atom. The molecule has 0 amide bonds. The average molecular weight is 306 g/mol. The Labute approximate surface area is 86.2 Å². The summed E-state index contributed by atoms with van der Waals surface area (Å²) in [6, 6.07) is 0. The standard InChI is InChI=1S/C7H15Br2FSi/c1-6(2,3)11(4,5)7(8,9)10/h1-5H3. The summed E-state index contributed by atoms with van der Waals surface area (Å²) >= 11 is 6.10. The normalized spacial score (nSPS) is 15.3. The van der Waals surface area contributed by atoms with Crippen LogP contribution in [0.3, 0.4) is 0 Å². The molecule has 0 saturated carbocycles. The largest absolute Gasteiger partial charge is 0.223 e. The molecule has 0 aromatic rings. The van der Waals surface area contributed by atoms with E-state index in [2.05, 4.69) is 52.6 Å². The summed E-state index contributed by atoms with van der Waals surface area (Å²) in [6.07, 6.45) is 0. The Bertz CT molecular complexity index is 128. The fraction of sp³-hybridized carbons (Fsp3) is 1.00. The SMILES string of the molecule is CC(C)(C)[Si](C)(C)C(F)(Br)Br. The Morgan fingerprint density at radius 1 is 1.09 bits per heavy atom. The first-order valence-electron chi connectivity index (χ1n) is 3.57. The van der Waals surface area contributed by atoms with E-state index in [1.54, 1.807) is 0 Å². The van der Waals surface area contributed by atoms with E-state index >= 15 is 0 Å². The average Bonchev–Trinajstić information content (AvgIpc) is 1.58. The van der Waals surface area contributed by atoms with Crippen LogP contribution in [0.15, 0.2) is 0 Å². The van der Waals surface area contributed by atoms with Crippen LogP contribution in [-0.2, 0) is 0 Å². The zero-order valence-corrected chi connectivity index (χ0v) is 11.8. The van der Waals surface area contributed by atoms with Crippen LogP contribution in [0.4, 0.5) is 4.39 Å². The maximum absolute atomic E-state index is 13.6. The van der Waals surface area contributed by atoms with Crippen molar-refractivity contribution in [2.75, 3.05) is 0 Å². The van der Waals surface area contributed by atoms with Gasteiger partial charge in [-0.2, -0.15) is 0 Å². The topological polar surface area (TPSA) is 0 Å². The number of hydrogen-bond acceptors (Lipinski definition) is 0. The molecule has 0 bridgehead atoms. The first-order chi connectivity index (χ1) is 4.50. The minimum atomic E-state index is -1.94. The van der Waals surface area contributed by atoms with Gasteiger partial charge in [0, 0.05) is 0 Å². The van der Waals surface area contributed by atoms with Gasteiger partial charge in [0.25, 0.3) is 0 Å². The Morgan fingerprint density at radius 2 is 1.36 bits per heavy atom. The Balaban J connectivity index is 4.75. The van der Waals surface area contributed by atoms with Gasteiger partial charge < -0.3 is 0 Å². The van der Waals surface area contributed by atoms with Crippen molar-refractivity contribution in [2.24, 2.45) is 0 Å². The summed E-state index contributed by atoms with van der Waals surface area (Å²) < 4.78 is 12.2. The van der Waals surface area contributed by atoms with Crippen molar-refractivity contribution >= 4 is 39.9 Å². The zero-order chi connectivity index (χ0) is 9.50. The van der Waals surface area contributed by atoms with Gasteiger partial charge in [-0.3, -0.25) is 0 Å². The van der Waals surface area contributed by atoms with Gasteiger partial charge in [0.1, 0.15) is 8.07 Å². The van der Waals surface area contributed by atoms with Crippen LogP contribution in [0.1, 0.15) is 20.8 Å². The van der Waals surface area contributed by atoms with Gasteiger partial charge in [0.05, 0.1) is 0 Å². The van der Waals surface area contributed by atoms with Crippen molar-refractivity contribution in [2.45, 2.75) is 42.0 Å². The molecule has 0 atom stereocenters. The molecule has 11 heavy (non-hydrogen) atoms. The molecule has 0 fully saturated rings. The van der Waals surface area contributed by atoms with Crippen molar-refractivity contribution in [3.63, 3.8) is 0 Å². The molecule has 0 aromatic carbocycles. The van der Waals surface area contributed by atoms with Gasteiger partial charge in [-0.25, -0.2) is 4.39 Å². The van der Waals surface area contributed by atoms with Crippen LogP contribution in [0.2, 0.25) is 18.1 Å². The van der Waals surface area contributed by atoms with Crippen LogP contribution >= 0.6 is 31.9 Å². The van der Waals surface area contributed by atoms with Crippen LogP contribution in [0, 0.1) is 0 Å². The predicted octanol–water partition coefficient (Wildman–Crippen LogP) is 4.45. The lowest BCUT2D eigenvalue weighted by Gasteiger charge is -2.41. The maximum Gasteiger partial charge on any atom is 0.202 e. The molecule has 0 aliphatic carbocycles. The molecule has 0 spiro atoms. The highest BCUT2D eigenvalue weighted by Crippen LogP contribution is 2.50. The highest BCUT2D eigenvalue weighted by atomic mass is 79.9. The van der Waals surface area contributed by atoms with E-state index in [4.69, 9.17) is 0 Å². The molecule has 4 heteroatoms. The van der Waals surface area contributed by atoms with Gasteiger partial charge in [-0.05, 0) is 36.9 Å². The first-order valence-corrected chi connectivity index (χ1v) is 8.15. The predicted molar refractivity (Wildman–Crippen MR) is 58.9 cm³/mol. The molecule has 0 aromatic heterocycles. The summed E-state index contributed by atoms with van der Waals surface area (Å²) in [5, 5.41) is 0.0503. The third-order valence-electron chi connectivity index (χ3n) is 2.58.